The van der Waals surface area contributed by atoms with Gasteiger partial charge < -0.3 is 14.7 Å². The largest absolute Gasteiger partial charge is 0.481 e. The van der Waals surface area contributed by atoms with Crippen molar-refractivity contribution < 1.29 is 19.4 Å². The summed E-state index contributed by atoms with van der Waals surface area (Å²) in [6, 6.07) is -0.272. The molecule has 0 aliphatic carbocycles. The predicted octanol–water partition coefficient (Wildman–Crippen LogP) is 0.218. The van der Waals surface area contributed by atoms with Crippen molar-refractivity contribution in [3.05, 3.63) is 25.3 Å². The quantitative estimate of drug-likeness (QED) is 0.645. The van der Waals surface area contributed by atoms with Gasteiger partial charge in [-0.3, -0.25) is 14.5 Å². The van der Waals surface area contributed by atoms with Crippen molar-refractivity contribution in [3.8, 4) is 0 Å². The molecule has 1 fully saturated rings. The molecule has 1 amide bonds. The molecule has 2 atom stereocenters. The molecule has 6 heteroatoms. The summed E-state index contributed by atoms with van der Waals surface area (Å²) in [7, 11) is 1.74. The first-order valence-corrected chi connectivity index (χ1v) is 6.51. The number of nitrogens with zero attached hydrogens (tertiary/aromatic N) is 2. The Labute approximate surface area is 119 Å². The minimum Gasteiger partial charge on any atom is -0.481 e. The summed E-state index contributed by atoms with van der Waals surface area (Å²) in [5.74, 6) is -1.55. The fourth-order valence-corrected chi connectivity index (χ4v) is 2.23. The smallest absolute Gasteiger partial charge is 0.310 e. The molecule has 0 radical (unpaired) electrons. The number of carbonyl (C=O) groups excluding carboxylic acids is 1. The number of amides is 1. The van der Waals surface area contributed by atoms with Crippen LogP contribution in [0.5, 0.6) is 0 Å². The first-order chi connectivity index (χ1) is 9.51. The van der Waals surface area contributed by atoms with Crippen molar-refractivity contribution in [2.24, 2.45) is 5.92 Å². The van der Waals surface area contributed by atoms with Crippen LogP contribution in [0.1, 0.15) is 0 Å². The third kappa shape index (κ3) is 4.18. The third-order valence-electron chi connectivity index (χ3n) is 3.37. The van der Waals surface area contributed by atoms with E-state index in [0.29, 0.717) is 19.7 Å². The molecule has 1 N–H and O–H groups in total. The summed E-state index contributed by atoms with van der Waals surface area (Å²) in [5.41, 5.74) is 0. The number of hydrogen-bond donors (Lipinski definition) is 1. The molecule has 112 valence electrons. The van der Waals surface area contributed by atoms with Crippen molar-refractivity contribution in [1.29, 1.82) is 0 Å². The van der Waals surface area contributed by atoms with Gasteiger partial charge in [-0.1, -0.05) is 12.2 Å². The number of rotatable bonds is 8. The van der Waals surface area contributed by atoms with Gasteiger partial charge in [-0.15, -0.1) is 13.2 Å². The van der Waals surface area contributed by atoms with Gasteiger partial charge >= 0.3 is 5.97 Å². The Balaban J connectivity index is 2.61. The molecule has 1 heterocycles. The molecule has 20 heavy (non-hydrogen) atoms. The molecule has 0 aromatic heterocycles. The Bertz CT molecular complexity index is 373. The minimum absolute atomic E-state index is 0.0802. The maximum absolute atomic E-state index is 12.2. The van der Waals surface area contributed by atoms with E-state index in [9.17, 15) is 9.59 Å². The van der Waals surface area contributed by atoms with Crippen LogP contribution < -0.4 is 0 Å². The van der Waals surface area contributed by atoms with Crippen molar-refractivity contribution >= 4 is 11.9 Å². The first-order valence-electron chi connectivity index (χ1n) is 6.51. The van der Waals surface area contributed by atoms with E-state index in [1.807, 2.05) is 0 Å². The highest BCUT2D eigenvalue weighted by molar-refractivity contribution is 5.79. The highest BCUT2D eigenvalue weighted by Crippen LogP contribution is 2.18. The second kappa shape index (κ2) is 7.81. The second-order valence-corrected chi connectivity index (χ2v) is 4.84. The Morgan fingerprint density at radius 1 is 1.30 bits per heavy atom. The summed E-state index contributed by atoms with van der Waals surface area (Å²) in [4.78, 5) is 26.6. The SMILES string of the molecule is C=CCN(CC=C)C(=O)CN(C)C1COCC1C(=O)O. The van der Waals surface area contributed by atoms with E-state index in [1.165, 1.54) is 0 Å². The Morgan fingerprint density at radius 2 is 1.90 bits per heavy atom. The van der Waals surface area contributed by atoms with E-state index in [1.54, 1.807) is 29.0 Å². The van der Waals surface area contributed by atoms with E-state index in [4.69, 9.17) is 9.84 Å². The van der Waals surface area contributed by atoms with Gasteiger partial charge in [0.25, 0.3) is 0 Å². The standard InChI is InChI=1S/C14H22N2O4/c1-4-6-16(7-5-2)13(17)8-15(3)12-10-20-9-11(12)14(18)19/h4-5,11-12H,1-2,6-10H2,3H3,(H,18,19). The van der Waals surface area contributed by atoms with E-state index in [-0.39, 0.29) is 25.1 Å². The molecular weight excluding hydrogens is 260 g/mol. The third-order valence-corrected chi connectivity index (χ3v) is 3.37. The van der Waals surface area contributed by atoms with Gasteiger partial charge in [0.05, 0.1) is 25.7 Å². The highest BCUT2D eigenvalue weighted by atomic mass is 16.5. The topological polar surface area (TPSA) is 70.1 Å². The molecule has 0 saturated carbocycles. The van der Waals surface area contributed by atoms with Gasteiger partial charge in [0.15, 0.2) is 0 Å². The van der Waals surface area contributed by atoms with Crippen LogP contribution in [0, 0.1) is 5.92 Å². The van der Waals surface area contributed by atoms with Crippen molar-refractivity contribution in [2.75, 3.05) is 39.9 Å². The maximum Gasteiger partial charge on any atom is 0.310 e. The molecule has 0 bridgehead atoms. The van der Waals surface area contributed by atoms with Crippen LogP contribution in [-0.2, 0) is 14.3 Å². The van der Waals surface area contributed by atoms with Crippen LogP contribution in [0.25, 0.3) is 0 Å². The van der Waals surface area contributed by atoms with Crippen LogP contribution >= 0.6 is 0 Å². The average Bonchev–Trinajstić information content (AvgIpc) is 2.87. The zero-order chi connectivity index (χ0) is 15.1. The maximum atomic E-state index is 12.2. The lowest BCUT2D eigenvalue weighted by atomic mass is 10.0. The Kier molecular flexibility index (Phi) is 6.41. The van der Waals surface area contributed by atoms with E-state index in [0.717, 1.165) is 0 Å². The van der Waals surface area contributed by atoms with Crippen LogP contribution in [0.4, 0.5) is 0 Å². The van der Waals surface area contributed by atoms with Gasteiger partial charge in [0.1, 0.15) is 0 Å². The van der Waals surface area contributed by atoms with Crippen molar-refractivity contribution in [2.45, 2.75) is 6.04 Å². The summed E-state index contributed by atoms with van der Waals surface area (Å²) >= 11 is 0. The van der Waals surface area contributed by atoms with E-state index >= 15 is 0 Å². The van der Waals surface area contributed by atoms with E-state index < -0.39 is 11.9 Å². The number of carbonyl (C=O) groups is 2. The molecule has 1 saturated heterocycles. The molecule has 0 aromatic rings. The van der Waals surface area contributed by atoms with Crippen LogP contribution in [0.2, 0.25) is 0 Å². The fraction of sp³-hybridized carbons (Fsp3) is 0.571. The van der Waals surface area contributed by atoms with Gasteiger partial charge in [0, 0.05) is 19.1 Å². The molecule has 0 spiro atoms. The van der Waals surface area contributed by atoms with Crippen molar-refractivity contribution in [1.82, 2.24) is 9.80 Å². The van der Waals surface area contributed by atoms with Gasteiger partial charge in [-0.25, -0.2) is 0 Å². The lowest BCUT2D eigenvalue weighted by molar-refractivity contribution is -0.144. The molecule has 2 unspecified atom stereocenters. The lowest BCUT2D eigenvalue weighted by Gasteiger charge is -2.28. The number of carboxylic acids is 1. The number of ether oxygens (including phenoxy) is 1. The van der Waals surface area contributed by atoms with Crippen LogP contribution in [0.15, 0.2) is 25.3 Å². The Morgan fingerprint density at radius 3 is 2.40 bits per heavy atom. The van der Waals surface area contributed by atoms with Crippen LogP contribution in [0.3, 0.4) is 0 Å². The van der Waals surface area contributed by atoms with Crippen LogP contribution in [-0.4, -0.2) is 72.7 Å². The van der Waals surface area contributed by atoms with E-state index in [2.05, 4.69) is 13.2 Å². The normalized spacial score (nSPS) is 21.7. The molecule has 1 aliphatic heterocycles. The van der Waals surface area contributed by atoms with Gasteiger partial charge in [0.2, 0.25) is 5.91 Å². The number of hydrogen-bond acceptors (Lipinski definition) is 4. The lowest BCUT2D eigenvalue weighted by Crippen LogP contribution is -2.46. The summed E-state index contributed by atoms with van der Waals surface area (Å²) in [6.07, 6.45) is 3.31. The van der Waals surface area contributed by atoms with Gasteiger partial charge in [-0.2, -0.15) is 0 Å². The predicted molar refractivity (Wildman–Crippen MR) is 75.3 cm³/mol. The molecular formula is C14H22N2O4. The molecule has 6 nitrogen and oxygen atoms in total. The minimum atomic E-state index is -0.888. The molecule has 1 rings (SSSR count). The van der Waals surface area contributed by atoms with Crippen molar-refractivity contribution in [3.63, 3.8) is 0 Å². The second-order valence-electron chi connectivity index (χ2n) is 4.84. The first kappa shape index (κ1) is 16.4. The monoisotopic (exact) mass is 282 g/mol. The number of likely N-dealkylation sites (N-methyl/N-ethyl adjacent to an activating group) is 1. The summed E-state index contributed by atoms with van der Waals surface area (Å²) in [6.45, 7) is 8.81. The molecule has 1 aliphatic rings. The number of carboxylic acid groups (broad SMARTS) is 1. The summed E-state index contributed by atoms with van der Waals surface area (Å²) in [5, 5.41) is 9.12. The fourth-order valence-electron chi connectivity index (χ4n) is 2.23. The number of aliphatic carboxylic acids is 1. The zero-order valence-corrected chi connectivity index (χ0v) is 11.8. The Hall–Kier alpha value is -1.66. The summed E-state index contributed by atoms with van der Waals surface area (Å²) < 4.78 is 5.21. The average molecular weight is 282 g/mol. The zero-order valence-electron chi connectivity index (χ0n) is 11.8. The van der Waals surface area contributed by atoms with Gasteiger partial charge in [-0.05, 0) is 7.05 Å². The molecule has 0 aromatic carbocycles. The highest BCUT2D eigenvalue weighted by Gasteiger charge is 2.37.